The lowest BCUT2D eigenvalue weighted by Gasteiger charge is -2.15. The summed E-state index contributed by atoms with van der Waals surface area (Å²) in [5.74, 6) is 0.539. The molecule has 2 N–H and O–H groups in total. The maximum absolute atomic E-state index is 12.3. The minimum atomic E-state index is -0.266. The molecule has 5 nitrogen and oxygen atoms in total. The molecule has 27 heavy (non-hydrogen) atoms. The second kappa shape index (κ2) is 8.44. The lowest BCUT2D eigenvalue weighted by molar-refractivity contribution is -0.118. The number of carbonyl (C=O) groups is 2. The van der Waals surface area contributed by atoms with Crippen molar-refractivity contribution in [2.24, 2.45) is 5.92 Å². The Morgan fingerprint density at radius 3 is 2.41 bits per heavy atom. The minimum Gasteiger partial charge on any atom is -0.482 e. The van der Waals surface area contributed by atoms with E-state index in [-0.39, 0.29) is 24.3 Å². The van der Waals surface area contributed by atoms with Crippen LogP contribution in [0.25, 0.3) is 0 Å². The third-order valence-electron chi connectivity index (χ3n) is 4.36. The highest BCUT2D eigenvalue weighted by Gasteiger charge is 2.29. The summed E-state index contributed by atoms with van der Waals surface area (Å²) < 4.78 is 7.40. The van der Waals surface area contributed by atoms with Crippen LogP contribution in [0.3, 0.4) is 0 Å². The van der Waals surface area contributed by atoms with Crippen molar-refractivity contribution in [3.05, 3.63) is 50.4 Å². The lowest BCUT2D eigenvalue weighted by Crippen LogP contribution is -2.21. The van der Waals surface area contributed by atoms with Gasteiger partial charge < -0.3 is 15.4 Å². The summed E-state index contributed by atoms with van der Waals surface area (Å²) in [6.07, 6.45) is 1.90. The average Bonchev–Trinajstić information content (AvgIpc) is 3.42. The number of ether oxygens (including phenoxy) is 1. The number of nitrogens with one attached hydrogen (secondary N) is 2. The van der Waals surface area contributed by atoms with Crippen molar-refractivity contribution in [2.45, 2.75) is 26.7 Å². The fourth-order valence-corrected chi connectivity index (χ4v) is 4.24. The molecule has 2 amide bonds. The summed E-state index contributed by atoms with van der Waals surface area (Å²) in [6.45, 7) is 3.67. The van der Waals surface area contributed by atoms with Crippen LogP contribution in [0.15, 0.2) is 39.3 Å². The van der Waals surface area contributed by atoms with E-state index in [4.69, 9.17) is 4.74 Å². The molecule has 0 aliphatic heterocycles. The number of benzene rings is 2. The van der Waals surface area contributed by atoms with Crippen LogP contribution in [0.5, 0.6) is 5.75 Å². The molecule has 0 spiro atoms. The SMILES string of the molecule is Cc1cc(Br)cc(Br)c1OCC(=O)Nc1cccc(NC(=O)C2CC2)c1C. The van der Waals surface area contributed by atoms with Gasteiger partial charge in [-0.25, -0.2) is 0 Å². The molecule has 2 aromatic carbocycles. The zero-order valence-corrected chi connectivity index (χ0v) is 18.2. The van der Waals surface area contributed by atoms with Gasteiger partial charge in [-0.15, -0.1) is 0 Å². The van der Waals surface area contributed by atoms with E-state index in [9.17, 15) is 9.59 Å². The predicted molar refractivity (Wildman–Crippen MR) is 113 cm³/mol. The Labute approximate surface area is 175 Å². The number of anilines is 2. The predicted octanol–water partition coefficient (Wildman–Crippen LogP) is 5.19. The van der Waals surface area contributed by atoms with E-state index in [0.717, 1.165) is 38.6 Å². The molecule has 0 heterocycles. The molecule has 0 aromatic heterocycles. The summed E-state index contributed by atoms with van der Waals surface area (Å²) >= 11 is 6.87. The molecule has 0 unspecified atom stereocenters. The van der Waals surface area contributed by atoms with Gasteiger partial charge in [-0.05, 0) is 78.0 Å². The molecule has 1 saturated carbocycles. The number of carbonyl (C=O) groups excluding carboxylic acids is 2. The molecule has 1 fully saturated rings. The molecule has 0 saturated heterocycles. The molecule has 0 radical (unpaired) electrons. The first-order chi connectivity index (χ1) is 12.8. The van der Waals surface area contributed by atoms with E-state index in [0.29, 0.717) is 11.4 Å². The molecule has 3 rings (SSSR count). The normalized spacial score (nSPS) is 13.2. The van der Waals surface area contributed by atoms with Gasteiger partial charge in [0.2, 0.25) is 5.91 Å². The van der Waals surface area contributed by atoms with Gasteiger partial charge in [0, 0.05) is 21.8 Å². The van der Waals surface area contributed by atoms with Gasteiger partial charge in [0.25, 0.3) is 5.91 Å². The number of hydrogen-bond acceptors (Lipinski definition) is 3. The van der Waals surface area contributed by atoms with Gasteiger partial charge in [0.05, 0.1) is 4.47 Å². The zero-order valence-electron chi connectivity index (χ0n) is 15.1. The first-order valence-electron chi connectivity index (χ1n) is 8.64. The third kappa shape index (κ3) is 5.11. The van der Waals surface area contributed by atoms with Crippen LogP contribution in [-0.2, 0) is 9.59 Å². The van der Waals surface area contributed by atoms with Crippen molar-refractivity contribution in [3.8, 4) is 5.75 Å². The Kier molecular flexibility index (Phi) is 6.22. The summed E-state index contributed by atoms with van der Waals surface area (Å²) in [5.41, 5.74) is 3.12. The maximum atomic E-state index is 12.3. The largest absolute Gasteiger partial charge is 0.482 e. The Morgan fingerprint density at radius 1 is 1.11 bits per heavy atom. The third-order valence-corrected chi connectivity index (χ3v) is 5.40. The average molecular weight is 496 g/mol. The fourth-order valence-electron chi connectivity index (χ4n) is 2.68. The Balaban J connectivity index is 1.63. The summed E-state index contributed by atoms with van der Waals surface area (Å²) in [5, 5.41) is 5.78. The quantitative estimate of drug-likeness (QED) is 0.579. The van der Waals surface area contributed by atoms with Crippen molar-refractivity contribution in [2.75, 3.05) is 17.2 Å². The highest BCUT2D eigenvalue weighted by Crippen LogP contribution is 2.33. The molecular formula is C20H20Br2N2O3. The standard InChI is InChI=1S/C20H20Br2N2O3/c1-11-8-14(21)9-15(22)19(11)27-10-18(25)23-16-4-3-5-17(12(16)2)24-20(26)13-6-7-13/h3-5,8-9,13H,6-7,10H2,1-2H3,(H,23,25)(H,24,26). The van der Waals surface area contributed by atoms with Crippen LogP contribution in [0.2, 0.25) is 0 Å². The number of halogens is 2. The van der Waals surface area contributed by atoms with E-state index in [2.05, 4.69) is 42.5 Å². The van der Waals surface area contributed by atoms with E-state index < -0.39 is 0 Å². The highest BCUT2D eigenvalue weighted by atomic mass is 79.9. The van der Waals surface area contributed by atoms with Gasteiger partial charge in [-0.1, -0.05) is 22.0 Å². The van der Waals surface area contributed by atoms with Crippen molar-refractivity contribution >= 4 is 55.0 Å². The van der Waals surface area contributed by atoms with E-state index >= 15 is 0 Å². The molecule has 0 bridgehead atoms. The fraction of sp³-hybridized carbons (Fsp3) is 0.300. The minimum absolute atomic E-state index is 0.0421. The van der Waals surface area contributed by atoms with Crippen molar-refractivity contribution in [3.63, 3.8) is 0 Å². The summed E-state index contributed by atoms with van der Waals surface area (Å²) in [4.78, 5) is 24.3. The first-order valence-corrected chi connectivity index (χ1v) is 10.2. The van der Waals surface area contributed by atoms with E-state index in [1.54, 1.807) is 12.1 Å². The van der Waals surface area contributed by atoms with Gasteiger partial charge in [0.15, 0.2) is 6.61 Å². The number of rotatable bonds is 6. The number of aryl methyl sites for hydroxylation is 1. The number of amides is 2. The molecule has 0 atom stereocenters. The van der Waals surface area contributed by atoms with E-state index in [1.165, 1.54) is 0 Å². The zero-order chi connectivity index (χ0) is 19.6. The van der Waals surface area contributed by atoms with Gasteiger partial charge in [-0.3, -0.25) is 9.59 Å². The Bertz CT molecular complexity index is 872. The number of hydrogen-bond donors (Lipinski definition) is 2. The second-order valence-corrected chi connectivity index (χ2v) is 8.38. The topological polar surface area (TPSA) is 67.4 Å². The molecule has 2 aromatic rings. The maximum Gasteiger partial charge on any atom is 0.262 e. The Morgan fingerprint density at radius 2 is 1.78 bits per heavy atom. The van der Waals surface area contributed by atoms with Crippen LogP contribution in [0.4, 0.5) is 11.4 Å². The lowest BCUT2D eigenvalue weighted by atomic mass is 10.1. The monoisotopic (exact) mass is 494 g/mol. The summed E-state index contributed by atoms with van der Waals surface area (Å²) in [6, 6.07) is 9.25. The highest BCUT2D eigenvalue weighted by molar-refractivity contribution is 9.11. The van der Waals surface area contributed by atoms with Crippen LogP contribution < -0.4 is 15.4 Å². The van der Waals surface area contributed by atoms with E-state index in [1.807, 2.05) is 32.0 Å². The summed E-state index contributed by atoms with van der Waals surface area (Å²) in [7, 11) is 0. The van der Waals surface area contributed by atoms with Gasteiger partial charge in [0.1, 0.15) is 5.75 Å². The smallest absolute Gasteiger partial charge is 0.262 e. The molecule has 7 heteroatoms. The molecular weight excluding hydrogens is 476 g/mol. The van der Waals surface area contributed by atoms with Crippen molar-refractivity contribution in [1.82, 2.24) is 0 Å². The van der Waals surface area contributed by atoms with Crippen LogP contribution >= 0.6 is 31.9 Å². The van der Waals surface area contributed by atoms with Gasteiger partial charge >= 0.3 is 0 Å². The molecule has 1 aliphatic rings. The molecule has 142 valence electrons. The van der Waals surface area contributed by atoms with Crippen LogP contribution in [-0.4, -0.2) is 18.4 Å². The van der Waals surface area contributed by atoms with Crippen molar-refractivity contribution < 1.29 is 14.3 Å². The van der Waals surface area contributed by atoms with Crippen molar-refractivity contribution in [1.29, 1.82) is 0 Å². The Hall–Kier alpha value is -1.86. The van der Waals surface area contributed by atoms with Crippen LogP contribution in [0, 0.1) is 19.8 Å². The molecule has 1 aliphatic carbocycles. The first kappa shape index (κ1) is 19.9. The van der Waals surface area contributed by atoms with Crippen LogP contribution in [0.1, 0.15) is 24.0 Å². The second-order valence-electron chi connectivity index (χ2n) is 6.61. The van der Waals surface area contributed by atoms with Gasteiger partial charge in [-0.2, -0.15) is 0 Å².